The van der Waals surface area contributed by atoms with E-state index >= 15 is 0 Å². The van der Waals surface area contributed by atoms with Crippen LogP contribution in [0.5, 0.6) is 5.75 Å². The molecule has 0 saturated heterocycles. The van der Waals surface area contributed by atoms with Gasteiger partial charge in [0.05, 0.1) is 0 Å². The Morgan fingerprint density at radius 3 is 2.17 bits per heavy atom. The van der Waals surface area contributed by atoms with Crippen LogP contribution in [0.4, 0.5) is 0 Å². The van der Waals surface area contributed by atoms with Gasteiger partial charge in [0.25, 0.3) is 0 Å². The normalized spacial score (nSPS) is 20.2. The van der Waals surface area contributed by atoms with Gasteiger partial charge in [-0.3, -0.25) is 0 Å². The lowest BCUT2D eigenvalue weighted by molar-refractivity contribution is -0.129. The highest BCUT2D eigenvalue weighted by molar-refractivity contribution is 5.83. The number of carbonyl (C=O) groups is 1. The van der Waals surface area contributed by atoms with E-state index in [0.29, 0.717) is 11.8 Å². The molecule has 2 fully saturated rings. The maximum Gasteiger partial charge on any atom is 0.335 e. The molecule has 0 N–H and O–H groups in total. The van der Waals surface area contributed by atoms with Crippen molar-refractivity contribution in [3.8, 4) is 5.75 Å². The Hall–Kier alpha value is -1.57. The molecule has 0 atom stereocenters. The number of carbonyl (C=O) groups excluding carboxylic acids is 1. The summed E-state index contributed by atoms with van der Waals surface area (Å²) in [4.78, 5) is 11.8. The summed E-state index contributed by atoms with van der Waals surface area (Å²) in [5, 5.41) is 0. The van der Waals surface area contributed by atoms with Crippen LogP contribution in [0.1, 0.15) is 87.2 Å². The van der Waals surface area contributed by atoms with Crippen LogP contribution < -0.4 is 4.74 Å². The molecule has 124 valence electrons. The maximum absolute atomic E-state index is 11.8. The van der Waals surface area contributed by atoms with Gasteiger partial charge in [-0.05, 0) is 49.1 Å². The SMILES string of the molecule is C=CC(=O)Oc1cccc(C2CCCCC2)c1C1CCCCC1. The van der Waals surface area contributed by atoms with E-state index in [2.05, 4.69) is 18.7 Å². The van der Waals surface area contributed by atoms with Crippen LogP contribution in [0.2, 0.25) is 0 Å². The van der Waals surface area contributed by atoms with Crippen molar-refractivity contribution in [2.45, 2.75) is 76.0 Å². The molecule has 1 aromatic carbocycles. The summed E-state index contributed by atoms with van der Waals surface area (Å²) in [6, 6.07) is 6.31. The molecular weight excluding hydrogens is 284 g/mol. The van der Waals surface area contributed by atoms with Gasteiger partial charge >= 0.3 is 5.97 Å². The Labute approximate surface area is 139 Å². The molecule has 2 aliphatic rings. The van der Waals surface area contributed by atoms with Crippen LogP contribution in [0, 0.1) is 0 Å². The number of benzene rings is 1. The van der Waals surface area contributed by atoms with E-state index in [1.54, 1.807) is 0 Å². The molecule has 0 bridgehead atoms. The Balaban J connectivity index is 1.97. The van der Waals surface area contributed by atoms with E-state index < -0.39 is 0 Å². The molecule has 3 rings (SSSR count). The summed E-state index contributed by atoms with van der Waals surface area (Å²) in [5.41, 5.74) is 2.78. The predicted octanol–water partition coefficient (Wildman–Crippen LogP) is 5.87. The number of rotatable bonds is 4. The van der Waals surface area contributed by atoms with Gasteiger partial charge in [0, 0.05) is 11.6 Å². The molecule has 0 spiro atoms. The second kappa shape index (κ2) is 7.81. The van der Waals surface area contributed by atoms with E-state index in [0.717, 1.165) is 5.75 Å². The first-order valence-electron chi connectivity index (χ1n) is 9.26. The summed E-state index contributed by atoms with van der Waals surface area (Å²) in [6.07, 6.45) is 14.2. The van der Waals surface area contributed by atoms with Crippen molar-refractivity contribution in [1.29, 1.82) is 0 Å². The van der Waals surface area contributed by atoms with Crippen molar-refractivity contribution in [3.05, 3.63) is 42.0 Å². The molecule has 1 aromatic rings. The van der Waals surface area contributed by atoms with Gasteiger partial charge in [-0.1, -0.05) is 57.2 Å². The molecule has 0 aliphatic heterocycles. The zero-order valence-corrected chi connectivity index (χ0v) is 14.1. The van der Waals surface area contributed by atoms with Crippen LogP contribution in [0.3, 0.4) is 0 Å². The summed E-state index contributed by atoms with van der Waals surface area (Å²) in [5.74, 6) is 1.63. The average molecular weight is 312 g/mol. The fourth-order valence-electron chi connectivity index (χ4n) is 4.40. The fourth-order valence-corrected chi connectivity index (χ4v) is 4.40. The third kappa shape index (κ3) is 3.85. The molecule has 2 nitrogen and oxygen atoms in total. The fraction of sp³-hybridized carbons (Fsp3) is 0.571. The van der Waals surface area contributed by atoms with Gasteiger partial charge in [-0.2, -0.15) is 0 Å². The lowest BCUT2D eigenvalue weighted by Crippen LogP contribution is -2.15. The van der Waals surface area contributed by atoms with Gasteiger partial charge in [0.1, 0.15) is 5.75 Å². The predicted molar refractivity (Wildman–Crippen MR) is 93.9 cm³/mol. The number of ether oxygens (including phenoxy) is 1. The third-order valence-electron chi connectivity index (χ3n) is 5.54. The van der Waals surface area contributed by atoms with Gasteiger partial charge in [0.2, 0.25) is 0 Å². The van der Waals surface area contributed by atoms with Gasteiger partial charge in [-0.15, -0.1) is 0 Å². The molecule has 2 aliphatic carbocycles. The van der Waals surface area contributed by atoms with Crippen molar-refractivity contribution < 1.29 is 9.53 Å². The second-order valence-corrected chi connectivity index (χ2v) is 7.05. The average Bonchev–Trinajstić information content (AvgIpc) is 2.63. The van der Waals surface area contributed by atoms with E-state index in [1.807, 2.05) is 6.07 Å². The van der Waals surface area contributed by atoms with Crippen LogP contribution in [-0.2, 0) is 4.79 Å². The highest BCUT2D eigenvalue weighted by Crippen LogP contribution is 2.44. The summed E-state index contributed by atoms with van der Waals surface area (Å²) in [6.45, 7) is 3.54. The minimum absolute atomic E-state index is 0.345. The van der Waals surface area contributed by atoms with E-state index in [9.17, 15) is 4.79 Å². The van der Waals surface area contributed by atoms with Crippen LogP contribution in [-0.4, -0.2) is 5.97 Å². The zero-order chi connectivity index (χ0) is 16.1. The van der Waals surface area contributed by atoms with Crippen molar-refractivity contribution in [2.75, 3.05) is 0 Å². The van der Waals surface area contributed by atoms with Gasteiger partial charge in [-0.25, -0.2) is 4.79 Å². The Kier molecular flexibility index (Phi) is 5.53. The molecule has 0 aromatic heterocycles. The van der Waals surface area contributed by atoms with E-state index in [-0.39, 0.29) is 5.97 Å². The smallest absolute Gasteiger partial charge is 0.335 e. The third-order valence-corrected chi connectivity index (χ3v) is 5.54. The quantitative estimate of drug-likeness (QED) is 0.394. The highest BCUT2D eigenvalue weighted by Gasteiger charge is 2.27. The first-order chi connectivity index (χ1) is 11.3. The van der Waals surface area contributed by atoms with E-state index in [4.69, 9.17) is 4.74 Å². The highest BCUT2D eigenvalue weighted by atomic mass is 16.5. The molecule has 0 amide bonds. The van der Waals surface area contributed by atoms with Crippen LogP contribution in [0.25, 0.3) is 0 Å². The Morgan fingerprint density at radius 2 is 1.57 bits per heavy atom. The number of hydrogen-bond donors (Lipinski definition) is 0. The standard InChI is InChI=1S/C21H28O2/c1-2-20(22)23-19-15-9-14-18(16-10-5-3-6-11-16)21(19)17-12-7-4-8-13-17/h2,9,14-17H,1,3-8,10-13H2. The Morgan fingerprint density at radius 1 is 0.957 bits per heavy atom. The van der Waals surface area contributed by atoms with E-state index in [1.165, 1.54) is 81.4 Å². The van der Waals surface area contributed by atoms with Crippen molar-refractivity contribution >= 4 is 5.97 Å². The molecule has 0 heterocycles. The van der Waals surface area contributed by atoms with Crippen LogP contribution >= 0.6 is 0 Å². The van der Waals surface area contributed by atoms with Crippen molar-refractivity contribution in [1.82, 2.24) is 0 Å². The first-order valence-corrected chi connectivity index (χ1v) is 9.26. The zero-order valence-electron chi connectivity index (χ0n) is 14.1. The minimum atomic E-state index is -0.345. The summed E-state index contributed by atoms with van der Waals surface area (Å²) < 4.78 is 5.62. The second-order valence-electron chi connectivity index (χ2n) is 7.05. The Bertz CT molecular complexity index is 549. The summed E-state index contributed by atoms with van der Waals surface area (Å²) >= 11 is 0. The van der Waals surface area contributed by atoms with Crippen molar-refractivity contribution in [2.24, 2.45) is 0 Å². The maximum atomic E-state index is 11.8. The van der Waals surface area contributed by atoms with Gasteiger partial charge in [0.15, 0.2) is 0 Å². The molecule has 0 unspecified atom stereocenters. The van der Waals surface area contributed by atoms with Crippen LogP contribution in [0.15, 0.2) is 30.9 Å². The molecule has 2 heteroatoms. The first kappa shape index (κ1) is 16.3. The minimum Gasteiger partial charge on any atom is -0.423 e. The number of hydrogen-bond acceptors (Lipinski definition) is 2. The molecular formula is C21H28O2. The lowest BCUT2D eigenvalue weighted by atomic mass is 9.75. The lowest BCUT2D eigenvalue weighted by Gasteiger charge is -2.30. The van der Waals surface area contributed by atoms with Gasteiger partial charge < -0.3 is 4.74 Å². The molecule has 2 saturated carbocycles. The largest absolute Gasteiger partial charge is 0.423 e. The summed E-state index contributed by atoms with van der Waals surface area (Å²) in [7, 11) is 0. The molecule has 0 radical (unpaired) electrons. The number of esters is 1. The topological polar surface area (TPSA) is 26.3 Å². The van der Waals surface area contributed by atoms with Crippen molar-refractivity contribution in [3.63, 3.8) is 0 Å². The monoisotopic (exact) mass is 312 g/mol. The molecule has 23 heavy (non-hydrogen) atoms.